The predicted octanol–water partition coefficient (Wildman–Crippen LogP) is -0.0458. The van der Waals surface area contributed by atoms with Crippen molar-refractivity contribution in [1.82, 2.24) is 4.90 Å². The molecular formula is C10H12N2O3. The molecule has 0 aromatic carbocycles. The molecule has 80 valence electrons. The second kappa shape index (κ2) is 2.81. The van der Waals surface area contributed by atoms with Gasteiger partial charge in [0.1, 0.15) is 11.3 Å². The number of rotatable bonds is 0. The molecule has 5 nitrogen and oxygen atoms in total. The van der Waals surface area contributed by atoms with Crippen molar-refractivity contribution in [3.63, 3.8) is 0 Å². The van der Waals surface area contributed by atoms with Crippen LogP contribution in [0.5, 0.6) is 0 Å². The van der Waals surface area contributed by atoms with Gasteiger partial charge in [-0.3, -0.25) is 19.5 Å². The van der Waals surface area contributed by atoms with Crippen LogP contribution in [0.2, 0.25) is 0 Å². The number of fused-ring (bicyclic) bond motifs is 2. The largest absolute Gasteiger partial charge is 0.465 e. The van der Waals surface area contributed by atoms with Crippen LogP contribution in [0.1, 0.15) is 19.3 Å². The van der Waals surface area contributed by atoms with Crippen molar-refractivity contribution >= 4 is 17.7 Å². The van der Waals surface area contributed by atoms with Crippen LogP contribution in [-0.4, -0.2) is 42.3 Å². The molecular weight excluding hydrogens is 196 g/mol. The summed E-state index contributed by atoms with van der Waals surface area (Å²) in [5, 5.41) is 0. The first-order valence-corrected chi connectivity index (χ1v) is 5.26. The van der Waals surface area contributed by atoms with Crippen LogP contribution in [0.15, 0.2) is 4.99 Å². The normalized spacial score (nSPS) is 34.4. The lowest BCUT2D eigenvalue weighted by molar-refractivity contribution is -0.145. The Balaban J connectivity index is 2.04. The van der Waals surface area contributed by atoms with Gasteiger partial charge in [-0.2, -0.15) is 0 Å². The molecule has 0 N–H and O–H groups in total. The zero-order valence-electron chi connectivity index (χ0n) is 8.36. The fraction of sp³-hybridized carbons (Fsp3) is 0.700. The summed E-state index contributed by atoms with van der Waals surface area (Å²) in [7, 11) is 0. The van der Waals surface area contributed by atoms with Gasteiger partial charge in [-0.1, -0.05) is 0 Å². The summed E-state index contributed by atoms with van der Waals surface area (Å²) in [4.78, 5) is 29.4. The van der Waals surface area contributed by atoms with E-state index >= 15 is 0 Å². The zero-order chi connectivity index (χ0) is 10.5. The number of cyclic esters (lactones) is 1. The van der Waals surface area contributed by atoms with E-state index in [1.54, 1.807) is 4.90 Å². The van der Waals surface area contributed by atoms with Gasteiger partial charge in [-0.15, -0.1) is 0 Å². The molecule has 2 saturated heterocycles. The molecule has 1 amide bonds. The highest BCUT2D eigenvalue weighted by Gasteiger charge is 2.55. The average Bonchev–Trinajstić information content (AvgIpc) is 2.81. The molecule has 0 bridgehead atoms. The lowest BCUT2D eigenvalue weighted by atomic mass is 9.77. The van der Waals surface area contributed by atoms with E-state index in [0.29, 0.717) is 44.8 Å². The smallest absolute Gasteiger partial charge is 0.319 e. The van der Waals surface area contributed by atoms with Crippen LogP contribution in [0, 0.1) is 5.41 Å². The first-order chi connectivity index (χ1) is 7.24. The molecule has 15 heavy (non-hydrogen) atoms. The van der Waals surface area contributed by atoms with Crippen LogP contribution < -0.4 is 0 Å². The lowest BCUT2D eigenvalue weighted by Crippen LogP contribution is -2.51. The second-order valence-electron chi connectivity index (χ2n) is 4.22. The maximum absolute atomic E-state index is 11.8. The number of carbonyl (C=O) groups is 2. The van der Waals surface area contributed by atoms with E-state index in [-0.39, 0.29) is 11.9 Å². The molecule has 0 aliphatic carbocycles. The summed E-state index contributed by atoms with van der Waals surface area (Å²) in [6, 6.07) is 0. The van der Waals surface area contributed by atoms with E-state index < -0.39 is 5.41 Å². The molecule has 3 rings (SSSR count). The lowest BCUT2D eigenvalue weighted by Gasteiger charge is -2.35. The second-order valence-corrected chi connectivity index (χ2v) is 4.22. The molecule has 3 aliphatic rings. The van der Waals surface area contributed by atoms with Gasteiger partial charge >= 0.3 is 5.97 Å². The van der Waals surface area contributed by atoms with Gasteiger partial charge in [-0.05, 0) is 6.42 Å². The summed E-state index contributed by atoms with van der Waals surface area (Å²) in [5.74, 6) is 0.568. The van der Waals surface area contributed by atoms with E-state index in [0.717, 1.165) is 0 Å². The van der Waals surface area contributed by atoms with Gasteiger partial charge in [0.15, 0.2) is 0 Å². The van der Waals surface area contributed by atoms with Crippen molar-refractivity contribution < 1.29 is 14.3 Å². The highest BCUT2D eigenvalue weighted by molar-refractivity contribution is 6.14. The molecule has 1 spiro atoms. The van der Waals surface area contributed by atoms with Gasteiger partial charge in [0.25, 0.3) is 0 Å². The number of carbonyl (C=O) groups excluding carboxylic acids is 2. The Morgan fingerprint density at radius 3 is 2.93 bits per heavy atom. The zero-order valence-corrected chi connectivity index (χ0v) is 8.36. The van der Waals surface area contributed by atoms with Crippen molar-refractivity contribution in [1.29, 1.82) is 0 Å². The number of amidine groups is 1. The molecule has 2 fully saturated rings. The molecule has 0 aromatic heterocycles. The Labute approximate surface area is 87.1 Å². The Morgan fingerprint density at radius 1 is 1.33 bits per heavy atom. The van der Waals surface area contributed by atoms with Crippen LogP contribution in [0.4, 0.5) is 0 Å². The fourth-order valence-electron chi connectivity index (χ4n) is 2.66. The van der Waals surface area contributed by atoms with Gasteiger partial charge in [-0.25, -0.2) is 0 Å². The van der Waals surface area contributed by atoms with Gasteiger partial charge in [0.2, 0.25) is 5.91 Å². The van der Waals surface area contributed by atoms with E-state index in [9.17, 15) is 9.59 Å². The number of aliphatic imine (C=N–C) groups is 1. The number of piperidine rings is 1. The summed E-state index contributed by atoms with van der Waals surface area (Å²) in [6.07, 6.45) is 1.68. The van der Waals surface area contributed by atoms with Crippen LogP contribution in [0.3, 0.4) is 0 Å². The first-order valence-electron chi connectivity index (χ1n) is 5.26. The first kappa shape index (κ1) is 8.88. The fourth-order valence-corrected chi connectivity index (χ4v) is 2.66. The summed E-state index contributed by atoms with van der Waals surface area (Å²) >= 11 is 0. The Bertz CT molecular complexity index is 377. The summed E-state index contributed by atoms with van der Waals surface area (Å²) < 4.78 is 5.03. The highest BCUT2D eigenvalue weighted by atomic mass is 16.5. The minimum absolute atomic E-state index is 0.0941. The number of nitrogens with zero attached hydrogens (tertiary/aromatic N) is 2. The maximum atomic E-state index is 11.8. The van der Waals surface area contributed by atoms with Crippen molar-refractivity contribution in [2.45, 2.75) is 19.3 Å². The number of ether oxygens (including phenoxy) is 1. The number of hydrogen-bond donors (Lipinski definition) is 0. The Kier molecular flexibility index (Phi) is 1.66. The van der Waals surface area contributed by atoms with E-state index in [2.05, 4.69) is 4.99 Å². The van der Waals surface area contributed by atoms with E-state index in [1.165, 1.54) is 0 Å². The molecule has 5 heteroatoms. The standard InChI is InChI=1S/C10H12N2O3/c13-7-1-2-10(3-6-15-9(10)14)8-11-4-5-12(7)8/h1-6H2. The van der Waals surface area contributed by atoms with Crippen molar-refractivity contribution in [3.8, 4) is 0 Å². The van der Waals surface area contributed by atoms with Crippen molar-refractivity contribution in [2.75, 3.05) is 19.7 Å². The average molecular weight is 208 g/mol. The number of hydrogen-bond acceptors (Lipinski definition) is 4. The Hall–Kier alpha value is -1.39. The molecule has 1 unspecified atom stereocenters. The molecule has 0 aromatic rings. The molecule has 0 radical (unpaired) electrons. The topological polar surface area (TPSA) is 59.0 Å². The minimum atomic E-state index is -0.593. The summed E-state index contributed by atoms with van der Waals surface area (Å²) in [5.41, 5.74) is -0.593. The molecule has 1 atom stereocenters. The van der Waals surface area contributed by atoms with E-state index in [4.69, 9.17) is 4.74 Å². The van der Waals surface area contributed by atoms with Crippen LogP contribution >= 0.6 is 0 Å². The third kappa shape index (κ3) is 1.00. The number of esters is 1. The van der Waals surface area contributed by atoms with Gasteiger partial charge < -0.3 is 4.74 Å². The van der Waals surface area contributed by atoms with Crippen LogP contribution in [0.25, 0.3) is 0 Å². The monoisotopic (exact) mass is 208 g/mol. The molecule has 3 aliphatic heterocycles. The highest BCUT2D eigenvalue weighted by Crippen LogP contribution is 2.42. The van der Waals surface area contributed by atoms with Gasteiger partial charge in [0, 0.05) is 19.4 Å². The quantitative estimate of drug-likeness (QED) is 0.524. The molecule has 3 heterocycles. The summed E-state index contributed by atoms with van der Waals surface area (Å²) in [6.45, 7) is 1.71. The Morgan fingerprint density at radius 2 is 2.20 bits per heavy atom. The van der Waals surface area contributed by atoms with Crippen molar-refractivity contribution in [2.24, 2.45) is 10.4 Å². The van der Waals surface area contributed by atoms with E-state index in [1.807, 2.05) is 0 Å². The minimum Gasteiger partial charge on any atom is -0.465 e. The SMILES string of the molecule is O=C1CCC2(CCOC2=O)C2=NCCN12. The third-order valence-electron chi connectivity index (χ3n) is 3.49. The molecule has 0 saturated carbocycles. The number of amides is 1. The van der Waals surface area contributed by atoms with Gasteiger partial charge in [0.05, 0.1) is 13.2 Å². The third-order valence-corrected chi connectivity index (χ3v) is 3.49. The maximum Gasteiger partial charge on any atom is 0.319 e. The van der Waals surface area contributed by atoms with Crippen molar-refractivity contribution in [3.05, 3.63) is 0 Å². The van der Waals surface area contributed by atoms with Crippen LogP contribution in [-0.2, 0) is 14.3 Å². The predicted molar refractivity (Wildman–Crippen MR) is 51.3 cm³/mol.